The summed E-state index contributed by atoms with van der Waals surface area (Å²) in [6.07, 6.45) is 5.70. The summed E-state index contributed by atoms with van der Waals surface area (Å²) in [6, 6.07) is 7.91. The number of carbonyl (C=O) groups excluding carboxylic acids is 1. The Balaban J connectivity index is 1.44. The second kappa shape index (κ2) is 10.3. The van der Waals surface area contributed by atoms with Crippen molar-refractivity contribution in [1.82, 2.24) is 25.1 Å². The molecule has 1 fully saturated rings. The maximum Gasteiger partial charge on any atom is 0.252 e. The quantitative estimate of drug-likeness (QED) is 0.403. The van der Waals surface area contributed by atoms with Gasteiger partial charge in [0.1, 0.15) is 17.5 Å². The average molecular weight is 512 g/mol. The van der Waals surface area contributed by atoms with Crippen molar-refractivity contribution in [2.24, 2.45) is 13.0 Å². The molecule has 0 saturated carbocycles. The van der Waals surface area contributed by atoms with Crippen LogP contribution in [0, 0.1) is 17.6 Å². The molecule has 0 spiro atoms. The molecule has 1 aliphatic heterocycles. The van der Waals surface area contributed by atoms with E-state index in [1.165, 1.54) is 18.3 Å². The largest absolute Gasteiger partial charge is 0.381 e. The van der Waals surface area contributed by atoms with Crippen LogP contribution < -0.4 is 5.32 Å². The number of ether oxygens (including phenoxy) is 1. The number of nitrogens with one attached hydrogen (secondary N) is 1. The molecule has 0 unspecified atom stereocenters. The highest BCUT2D eigenvalue weighted by molar-refractivity contribution is 6.30. The number of benzene rings is 2. The van der Waals surface area contributed by atoms with Gasteiger partial charge in [-0.15, -0.1) is 0 Å². The molecule has 1 atom stereocenters. The summed E-state index contributed by atoms with van der Waals surface area (Å²) in [7, 11) is 1.74. The Hall–Kier alpha value is -3.43. The van der Waals surface area contributed by atoms with Gasteiger partial charge in [-0.3, -0.25) is 9.48 Å². The third-order valence-electron chi connectivity index (χ3n) is 6.36. The number of hydrogen-bond donors (Lipinski definition) is 1. The van der Waals surface area contributed by atoms with E-state index in [0.717, 1.165) is 18.9 Å². The van der Waals surface area contributed by atoms with Crippen molar-refractivity contribution < 1.29 is 18.3 Å². The van der Waals surface area contributed by atoms with E-state index < -0.39 is 23.6 Å². The zero-order valence-electron chi connectivity index (χ0n) is 19.5. The summed E-state index contributed by atoms with van der Waals surface area (Å²) in [4.78, 5) is 22.1. The SMILES string of the molecule is Cn1ccc([C@@H](NC(=O)c2cc(F)c3cnc(CC4CCOCC4)nc3c2)c2ccc(Cl)c(F)c2)n1. The van der Waals surface area contributed by atoms with Crippen molar-refractivity contribution in [2.45, 2.75) is 25.3 Å². The molecule has 1 saturated heterocycles. The van der Waals surface area contributed by atoms with Gasteiger partial charge in [-0.05, 0) is 54.7 Å². The Morgan fingerprint density at radius 1 is 1.19 bits per heavy atom. The summed E-state index contributed by atoms with van der Waals surface area (Å²) in [5.74, 6) is -0.746. The molecule has 0 aliphatic carbocycles. The lowest BCUT2D eigenvalue weighted by Gasteiger charge is -2.21. The van der Waals surface area contributed by atoms with Crippen LogP contribution in [0.15, 0.2) is 48.8 Å². The molecule has 0 bridgehead atoms. The average Bonchev–Trinajstić information content (AvgIpc) is 3.30. The number of aromatic nitrogens is 4. The molecular weight excluding hydrogens is 488 g/mol. The van der Waals surface area contributed by atoms with Crippen LogP contribution in [0.5, 0.6) is 0 Å². The standard InChI is InChI=1S/C26H24ClF2N5O2/c1-34-7-4-22(33-34)25(16-2-3-19(27)21(29)11-16)32-26(35)17-12-20(28)18-14-30-24(31-23(18)13-17)10-15-5-8-36-9-6-15/h2-4,7,11-15,25H,5-6,8-10H2,1H3,(H,32,35)/t25-/m0/s1. The van der Waals surface area contributed by atoms with Crippen LogP contribution in [0.4, 0.5) is 8.78 Å². The van der Waals surface area contributed by atoms with Crippen LogP contribution in [0.2, 0.25) is 5.02 Å². The number of rotatable bonds is 6. The Bertz CT molecular complexity index is 1420. The predicted octanol–water partition coefficient (Wildman–Crippen LogP) is 4.78. The molecular formula is C26H24ClF2N5O2. The first-order chi connectivity index (χ1) is 17.4. The lowest BCUT2D eigenvalue weighted by molar-refractivity contribution is 0.0660. The lowest BCUT2D eigenvalue weighted by Crippen LogP contribution is -2.30. The van der Waals surface area contributed by atoms with Gasteiger partial charge in [0.25, 0.3) is 5.91 Å². The number of carbonyl (C=O) groups is 1. The van der Waals surface area contributed by atoms with Crippen LogP contribution in [-0.2, 0) is 18.2 Å². The predicted molar refractivity (Wildman–Crippen MR) is 131 cm³/mol. The van der Waals surface area contributed by atoms with E-state index in [-0.39, 0.29) is 16.0 Å². The van der Waals surface area contributed by atoms with Crippen LogP contribution in [-0.4, -0.2) is 38.9 Å². The van der Waals surface area contributed by atoms with Crippen molar-refractivity contribution in [3.8, 4) is 0 Å². The number of aryl methyl sites for hydroxylation is 1. The number of nitrogens with zero attached hydrogens (tertiary/aromatic N) is 4. The van der Waals surface area contributed by atoms with E-state index >= 15 is 0 Å². The van der Waals surface area contributed by atoms with Gasteiger partial charge < -0.3 is 10.1 Å². The van der Waals surface area contributed by atoms with E-state index in [9.17, 15) is 13.6 Å². The molecule has 186 valence electrons. The Morgan fingerprint density at radius 3 is 2.72 bits per heavy atom. The van der Waals surface area contributed by atoms with Gasteiger partial charge in [0.15, 0.2) is 0 Å². The van der Waals surface area contributed by atoms with E-state index in [1.54, 1.807) is 36.1 Å². The third kappa shape index (κ3) is 5.22. The van der Waals surface area contributed by atoms with Crippen molar-refractivity contribution in [3.05, 3.63) is 88.1 Å². The number of halogens is 3. The molecule has 2 aromatic heterocycles. The molecule has 5 rings (SSSR count). The molecule has 4 aromatic rings. The molecule has 1 N–H and O–H groups in total. The number of fused-ring (bicyclic) bond motifs is 1. The number of amides is 1. The Labute approximate surface area is 211 Å². The fourth-order valence-electron chi connectivity index (χ4n) is 4.39. The summed E-state index contributed by atoms with van der Waals surface area (Å²) in [5.41, 5.74) is 1.39. The lowest BCUT2D eigenvalue weighted by atomic mass is 9.96. The molecule has 3 heterocycles. The maximum atomic E-state index is 14.9. The highest BCUT2D eigenvalue weighted by Crippen LogP contribution is 2.26. The molecule has 0 radical (unpaired) electrons. The second-order valence-electron chi connectivity index (χ2n) is 8.93. The van der Waals surface area contributed by atoms with Gasteiger partial charge in [-0.2, -0.15) is 5.10 Å². The maximum absolute atomic E-state index is 14.9. The number of hydrogen-bond acceptors (Lipinski definition) is 5. The van der Waals surface area contributed by atoms with Gasteiger partial charge in [0.2, 0.25) is 0 Å². The Kier molecular flexibility index (Phi) is 6.93. The van der Waals surface area contributed by atoms with Gasteiger partial charge >= 0.3 is 0 Å². The molecule has 10 heteroatoms. The normalized spacial score (nSPS) is 15.2. The monoisotopic (exact) mass is 511 g/mol. The minimum atomic E-state index is -0.779. The fourth-order valence-corrected chi connectivity index (χ4v) is 4.51. The van der Waals surface area contributed by atoms with Crippen LogP contribution in [0.1, 0.15) is 46.3 Å². The van der Waals surface area contributed by atoms with E-state index in [2.05, 4.69) is 20.4 Å². The first-order valence-corrected chi connectivity index (χ1v) is 12.0. The minimum absolute atomic E-state index is 0.0299. The van der Waals surface area contributed by atoms with Gasteiger partial charge in [-0.1, -0.05) is 17.7 Å². The van der Waals surface area contributed by atoms with Crippen LogP contribution in [0.25, 0.3) is 10.9 Å². The van der Waals surface area contributed by atoms with Crippen molar-refractivity contribution in [3.63, 3.8) is 0 Å². The summed E-state index contributed by atoms with van der Waals surface area (Å²) < 4.78 is 36.1. The van der Waals surface area contributed by atoms with Crippen LogP contribution >= 0.6 is 11.6 Å². The molecule has 1 amide bonds. The highest BCUT2D eigenvalue weighted by atomic mass is 35.5. The van der Waals surface area contributed by atoms with E-state index in [4.69, 9.17) is 16.3 Å². The van der Waals surface area contributed by atoms with Gasteiger partial charge in [-0.25, -0.2) is 18.7 Å². The second-order valence-corrected chi connectivity index (χ2v) is 9.34. The molecule has 36 heavy (non-hydrogen) atoms. The molecule has 1 aliphatic rings. The summed E-state index contributed by atoms with van der Waals surface area (Å²) in [6.45, 7) is 1.43. The van der Waals surface area contributed by atoms with E-state index in [0.29, 0.717) is 48.2 Å². The first kappa shape index (κ1) is 24.3. The van der Waals surface area contributed by atoms with E-state index in [1.807, 2.05) is 0 Å². The smallest absolute Gasteiger partial charge is 0.252 e. The van der Waals surface area contributed by atoms with Crippen molar-refractivity contribution in [2.75, 3.05) is 13.2 Å². The van der Waals surface area contributed by atoms with Gasteiger partial charge in [0, 0.05) is 44.6 Å². The molecule has 7 nitrogen and oxygen atoms in total. The van der Waals surface area contributed by atoms with Crippen molar-refractivity contribution in [1.29, 1.82) is 0 Å². The summed E-state index contributed by atoms with van der Waals surface area (Å²) in [5, 5.41) is 7.42. The van der Waals surface area contributed by atoms with Crippen LogP contribution in [0.3, 0.4) is 0 Å². The molecule has 2 aromatic carbocycles. The zero-order valence-corrected chi connectivity index (χ0v) is 20.3. The fraction of sp³-hybridized carbons (Fsp3) is 0.308. The third-order valence-corrected chi connectivity index (χ3v) is 6.66. The highest BCUT2D eigenvalue weighted by Gasteiger charge is 2.23. The summed E-state index contributed by atoms with van der Waals surface area (Å²) >= 11 is 5.84. The Morgan fingerprint density at radius 2 is 2.00 bits per heavy atom. The van der Waals surface area contributed by atoms with Crippen molar-refractivity contribution >= 4 is 28.4 Å². The zero-order chi connectivity index (χ0) is 25.2. The first-order valence-electron chi connectivity index (χ1n) is 11.7. The topological polar surface area (TPSA) is 81.9 Å². The minimum Gasteiger partial charge on any atom is -0.381 e. The van der Waals surface area contributed by atoms with Gasteiger partial charge in [0.05, 0.1) is 27.7 Å².